The number of nitrogens with one attached hydrogen (secondary N) is 1. The van der Waals surface area contributed by atoms with Gasteiger partial charge in [0.05, 0.1) is 23.0 Å². The molecule has 1 aliphatic rings. The molecule has 0 amide bonds. The Balaban J connectivity index is 1.32. The number of hydrogen-bond donors (Lipinski definition) is 2. The predicted octanol–water partition coefficient (Wildman–Crippen LogP) is 3.14. The zero-order valence-electron chi connectivity index (χ0n) is 17.0. The zero-order valence-corrected chi connectivity index (χ0v) is 17.8. The Bertz CT molecular complexity index is 1190. The second kappa shape index (κ2) is 8.23. The molecule has 0 atom stereocenters. The molecule has 0 spiro atoms. The van der Waals surface area contributed by atoms with Gasteiger partial charge in [-0.05, 0) is 36.4 Å². The molecule has 0 radical (unpaired) electrons. The molecule has 4 aromatic rings. The first-order valence-electron chi connectivity index (χ1n) is 9.92. The number of nitrogens with zero attached hydrogens (tertiary/aromatic N) is 6. The first-order valence-corrected chi connectivity index (χ1v) is 10.7. The zero-order chi connectivity index (χ0) is 21.2. The minimum Gasteiger partial charge on any atom is -0.495 e. The molecular formula is C21H22N8OS. The molecule has 3 heterocycles. The normalized spacial score (nSPS) is 14.1. The van der Waals surface area contributed by atoms with Crippen molar-refractivity contribution in [1.82, 2.24) is 19.9 Å². The van der Waals surface area contributed by atoms with Crippen LogP contribution in [0.25, 0.3) is 10.2 Å². The molecule has 2 aromatic heterocycles. The maximum Gasteiger partial charge on any atom is 0.228 e. The number of anilines is 5. The standard InChI is InChI=1S/C21H22N8OS/c1-30-18-4-2-14(22)10-16(18)26-21-27-17-11-15(3-5-19(17)31-21)28-6-8-29(9-7-28)20-24-12-23-13-25-20/h2-5,10-13H,6-9,22H2,1H3,(H,26,27). The second-order valence-electron chi connectivity index (χ2n) is 7.17. The van der Waals surface area contributed by atoms with Crippen LogP contribution >= 0.6 is 11.3 Å². The summed E-state index contributed by atoms with van der Waals surface area (Å²) in [4.78, 5) is 21.7. The number of benzene rings is 2. The summed E-state index contributed by atoms with van der Waals surface area (Å²) in [6.45, 7) is 3.52. The van der Waals surface area contributed by atoms with E-state index in [9.17, 15) is 0 Å². The predicted molar refractivity (Wildman–Crippen MR) is 125 cm³/mol. The highest BCUT2D eigenvalue weighted by atomic mass is 32.1. The lowest BCUT2D eigenvalue weighted by molar-refractivity contribution is 0.417. The number of piperazine rings is 1. The molecule has 0 unspecified atom stereocenters. The summed E-state index contributed by atoms with van der Waals surface area (Å²) >= 11 is 1.60. The molecule has 0 bridgehead atoms. The molecule has 1 aliphatic heterocycles. The van der Waals surface area contributed by atoms with Crippen molar-refractivity contribution in [1.29, 1.82) is 0 Å². The average molecular weight is 435 g/mol. The summed E-state index contributed by atoms with van der Waals surface area (Å²) in [5.74, 6) is 1.46. The highest BCUT2D eigenvalue weighted by molar-refractivity contribution is 7.22. The van der Waals surface area contributed by atoms with E-state index in [1.165, 1.54) is 18.3 Å². The van der Waals surface area contributed by atoms with Crippen LogP contribution in [0.3, 0.4) is 0 Å². The van der Waals surface area contributed by atoms with Crippen LogP contribution in [0.2, 0.25) is 0 Å². The Morgan fingerprint density at radius 2 is 1.77 bits per heavy atom. The van der Waals surface area contributed by atoms with Crippen molar-refractivity contribution in [3.63, 3.8) is 0 Å². The summed E-state index contributed by atoms with van der Waals surface area (Å²) in [6, 6.07) is 11.9. The number of rotatable bonds is 5. The summed E-state index contributed by atoms with van der Waals surface area (Å²) in [5, 5.41) is 4.14. The lowest BCUT2D eigenvalue weighted by Gasteiger charge is -2.35. The molecule has 0 aliphatic carbocycles. The third-order valence-corrected chi connectivity index (χ3v) is 6.20. The fraction of sp³-hybridized carbons (Fsp3) is 0.238. The van der Waals surface area contributed by atoms with Crippen molar-refractivity contribution in [2.75, 3.05) is 54.1 Å². The van der Waals surface area contributed by atoms with E-state index in [1.807, 2.05) is 18.2 Å². The highest BCUT2D eigenvalue weighted by Gasteiger charge is 2.20. The number of thiazole rings is 1. The highest BCUT2D eigenvalue weighted by Crippen LogP contribution is 2.35. The van der Waals surface area contributed by atoms with Gasteiger partial charge in [-0.2, -0.15) is 0 Å². The molecule has 31 heavy (non-hydrogen) atoms. The lowest BCUT2D eigenvalue weighted by Crippen LogP contribution is -2.47. The smallest absolute Gasteiger partial charge is 0.228 e. The van der Waals surface area contributed by atoms with Gasteiger partial charge < -0.3 is 25.6 Å². The molecule has 10 heteroatoms. The molecule has 5 rings (SSSR count). The first kappa shape index (κ1) is 19.3. The third-order valence-electron chi connectivity index (χ3n) is 5.24. The van der Waals surface area contributed by atoms with Crippen molar-refractivity contribution in [3.8, 4) is 5.75 Å². The maximum atomic E-state index is 5.93. The van der Waals surface area contributed by atoms with E-state index in [4.69, 9.17) is 15.5 Å². The van der Waals surface area contributed by atoms with Crippen LogP contribution in [0.1, 0.15) is 0 Å². The largest absolute Gasteiger partial charge is 0.495 e. The van der Waals surface area contributed by atoms with Crippen molar-refractivity contribution < 1.29 is 4.74 Å². The van der Waals surface area contributed by atoms with Crippen molar-refractivity contribution in [3.05, 3.63) is 49.1 Å². The molecule has 0 saturated carbocycles. The number of hydrogen-bond acceptors (Lipinski definition) is 10. The van der Waals surface area contributed by atoms with Crippen LogP contribution in [0, 0.1) is 0 Å². The lowest BCUT2D eigenvalue weighted by atomic mass is 10.2. The Kier molecular flexibility index (Phi) is 5.13. The van der Waals surface area contributed by atoms with E-state index in [-0.39, 0.29) is 0 Å². The molecule has 9 nitrogen and oxygen atoms in total. The van der Waals surface area contributed by atoms with Crippen LogP contribution in [0.15, 0.2) is 49.1 Å². The van der Waals surface area contributed by atoms with E-state index < -0.39 is 0 Å². The third kappa shape index (κ3) is 4.02. The summed E-state index contributed by atoms with van der Waals surface area (Å²) in [7, 11) is 1.64. The van der Waals surface area contributed by atoms with Crippen LogP contribution in [-0.4, -0.2) is 53.2 Å². The van der Waals surface area contributed by atoms with Crippen molar-refractivity contribution >= 4 is 49.7 Å². The number of nitrogens with two attached hydrogens (primary N) is 1. The van der Waals surface area contributed by atoms with Crippen LogP contribution < -0.4 is 25.6 Å². The van der Waals surface area contributed by atoms with Crippen molar-refractivity contribution in [2.45, 2.75) is 0 Å². The van der Waals surface area contributed by atoms with Gasteiger partial charge in [0.25, 0.3) is 0 Å². The van der Waals surface area contributed by atoms with Gasteiger partial charge in [0, 0.05) is 37.6 Å². The van der Waals surface area contributed by atoms with Crippen LogP contribution in [0.4, 0.5) is 28.1 Å². The monoisotopic (exact) mass is 434 g/mol. The minimum absolute atomic E-state index is 0.669. The topological polar surface area (TPSA) is 105 Å². The Morgan fingerprint density at radius 3 is 2.55 bits per heavy atom. The van der Waals surface area contributed by atoms with Gasteiger partial charge in [-0.3, -0.25) is 0 Å². The molecule has 158 valence electrons. The maximum absolute atomic E-state index is 5.93. The molecular weight excluding hydrogens is 412 g/mol. The molecule has 2 aromatic carbocycles. The Hall–Kier alpha value is -3.66. The molecule has 3 N–H and O–H groups in total. The minimum atomic E-state index is 0.669. The van der Waals surface area contributed by atoms with E-state index in [1.54, 1.807) is 18.4 Å². The number of fused-ring (bicyclic) bond motifs is 1. The fourth-order valence-corrected chi connectivity index (χ4v) is 4.52. The van der Waals surface area contributed by atoms with Crippen LogP contribution in [-0.2, 0) is 0 Å². The van der Waals surface area contributed by atoms with E-state index >= 15 is 0 Å². The average Bonchev–Trinajstić information content (AvgIpc) is 3.21. The fourth-order valence-electron chi connectivity index (χ4n) is 3.67. The summed E-state index contributed by atoms with van der Waals surface area (Å²) < 4.78 is 6.54. The quantitative estimate of drug-likeness (QED) is 0.458. The van der Waals surface area contributed by atoms with Gasteiger partial charge in [-0.1, -0.05) is 11.3 Å². The number of aromatic nitrogens is 4. The van der Waals surface area contributed by atoms with E-state index in [0.717, 1.165) is 58.9 Å². The Labute approximate surface area is 183 Å². The number of methoxy groups -OCH3 is 1. The van der Waals surface area contributed by atoms with Gasteiger partial charge in [0.15, 0.2) is 5.13 Å². The van der Waals surface area contributed by atoms with E-state index in [0.29, 0.717) is 5.69 Å². The second-order valence-corrected chi connectivity index (χ2v) is 8.20. The Morgan fingerprint density at radius 1 is 1.00 bits per heavy atom. The first-order chi connectivity index (χ1) is 15.2. The molecule has 1 fully saturated rings. The van der Waals surface area contributed by atoms with Gasteiger partial charge in [0.1, 0.15) is 18.4 Å². The molecule has 1 saturated heterocycles. The number of nitrogen functional groups attached to an aromatic ring is 1. The van der Waals surface area contributed by atoms with E-state index in [2.05, 4.69) is 48.3 Å². The van der Waals surface area contributed by atoms with Gasteiger partial charge in [0.2, 0.25) is 5.95 Å². The van der Waals surface area contributed by atoms with Gasteiger partial charge in [-0.15, -0.1) is 0 Å². The SMILES string of the molecule is COc1ccc(N)cc1Nc1nc2cc(N3CCN(c4ncncn4)CC3)ccc2s1. The number of ether oxygens (including phenoxy) is 1. The summed E-state index contributed by atoms with van der Waals surface area (Å²) in [5.41, 5.74) is 9.53. The van der Waals surface area contributed by atoms with Crippen LogP contribution in [0.5, 0.6) is 5.75 Å². The summed E-state index contributed by atoms with van der Waals surface area (Å²) in [6.07, 6.45) is 3.08. The van der Waals surface area contributed by atoms with Gasteiger partial charge in [-0.25, -0.2) is 19.9 Å². The van der Waals surface area contributed by atoms with Gasteiger partial charge >= 0.3 is 0 Å². The van der Waals surface area contributed by atoms with Crippen molar-refractivity contribution in [2.24, 2.45) is 0 Å².